The molecular formula is C18H21FN6O4. The maximum atomic E-state index is 14.7. The second kappa shape index (κ2) is 8.35. The van der Waals surface area contributed by atoms with Crippen LogP contribution in [0.4, 0.5) is 26.4 Å². The van der Waals surface area contributed by atoms with Crippen molar-refractivity contribution in [1.82, 2.24) is 10.2 Å². The third-order valence-corrected chi connectivity index (χ3v) is 4.69. The third kappa shape index (κ3) is 4.24. The van der Waals surface area contributed by atoms with Gasteiger partial charge < -0.3 is 24.6 Å². The lowest BCUT2D eigenvalue weighted by molar-refractivity contribution is 0.147. The molecule has 1 aromatic carbocycles. The van der Waals surface area contributed by atoms with Crippen molar-refractivity contribution in [2.45, 2.75) is 6.10 Å². The van der Waals surface area contributed by atoms with Crippen LogP contribution < -0.4 is 15.1 Å². The van der Waals surface area contributed by atoms with Crippen molar-refractivity contribution in [3.05, 3.63) is 36.3 Å². The molecular weight excluding hydrogens is 383 g/mol. The Morgan fingerprint density at radius 3 is 2.90 bits per heavy atom. The van der Waals surface area contributed by atoms with Crippen molar-refractivity contribution < 1.29 is 23.6 Å². The van der Waals surface area contributed by atoms with Crippen molar-refractivity contribution in [2.24, 2.45) is 5.10 Å². The zero-order chi connectivity index (χ0) is 20.2. The summed E-state index contributed by atoms with van der Waals surface area (Å²) in [5.41, 5.74) is 0.800. The van der Waals surface area contributed by atoms with Gasteiger partial charge in [-0.25, -0.2) is 9.18 Å². The summed E-state index contributed by atoms with van der Waals surface area (Å²) in [4.78, 5) is 15.3. The van der Waals surface area contributed by atoms with Crippen LogP contribution >= 0.6 is 0 Å². The second-order valence-electron chi connectivity index (χ2n) is 6.62. The van der Waals surface area contributed by atoms with E-state index < -0.39 is 18.0 Å². The van der Waals surface area contributed by atoms with Crippen molar-refractivity contribution >= 4 is 29.6 Å². The Kier molecular flexibility index (Phi) is 5.47. The number of hydrogen-bond donors (Lipinski definition) is 2. The molecule has 2 aliphatic heterocycles. The van der Waals surface area contributed by atoms with E-state index in [0.717, 1.165) is 0 Å². The highest BCUT2D eigenvalue weighted by Crippen LogP contribution is 2.28. The number of aromatic nitrogens is 1. The van der Waals surface area contributed by atoms with E-state index in [1.807, 2.05) is 0 Å². The Morgan fingerprint density at radius 1 is 1.31 bits per heavy atom. The van der Waals surface area contributed by atoms with Gasteiger partial charge in [0.25, 0.3) is 0 Å². The van der Waals surface area contributed by atoms with E-state index in [-0.39, 0.29) is 6.61 Å². The van der Waals surface area contributed by atoms with Gasteiger partial charge in [0.05, 0.1) is 44.2 Å². The topological polar surface area (TPSA) is 107 Å². The van der Waals surface area contributed by atoms with Crippen LogP contribution in [0.5, 0.6) is 0 Å². The van der Waals surface area contributed by atoms with Gasteiger partial charge in [-0.1, -0.05) is 5.16 Å². The van der Waals surface area contributed by atoms with E-state index in [9.17, 15) is 9.18 Å². The number of amides is 1. The predicted molar refractivity (Wildman–Crippen MR) is 104 cm³/mol. The summed E-state index contributed by atoms with van der Waals surface area (Å²) in [6.07, 6.45) is 2.06. The van der Waals surface area contributed by atoms with Crippen LogP contribution in [-0.2, 0) is 4.74 Å². The number of benzene rings is 1. The summed E-state index contributed by atoms with van der Waals surface area (Å²) in [6.45, 7) is 2.24. The fourth-order valence-electron chi connectivity index (χ4n) is 3.20. The first-order valence-corrected chi connectivity index (χ1v) is 9.22. The van der Waals surface area contributed by atoms with Gasteiger partial charge >= 0.3 is 6.09 Å². The molecule has 11 heteroatoms. The second-order valence-corrected chi connectivity index (χ2v) is 6.62. The third-order valence-electron chi connectivity index (χ3n) is 4.69. The van der Waals surface area contributed by atoms with Gasteiger partial charge in [-0.05, 0) is 18.2 Å². The summed E-state index contributed by atoms with van der Waals surface area (Å²) >= 11 is 0. The number of hydrazone groups is 1. The molecule has 1 atom stereocenters. The molecule has 0 aliphatic carbocycles. The number of hydrogen-bond acceptors (Lipinski definition) is 9. The fourth-order valence-corrected chi connectivity index (χ4v) is 3.20. The number of ether oxygens (including phenoxy) is 1. The number of nitrogens with zero attached hydrogens (tertiary/aromatic N) is 5. The number of anilines is 3. The summed E-state index contributed by atoms with van der Waals surface area (Å²) in [5.74, 6) is 0.0946. The number of β-amino-alcohol motifs (C(OH)–C–C–N with tert-alkyl or cyclic N) is 1. The standard InChI is InChI=1S/C18H21FN6O4/c19-15-9-13(1-2-16(15)23-4-5-24(6-7-26)21-12-23)25-11-14(29-18(25)27)10-20-17-3-8-28-22-17/h1-3,8-9,12,14,26H,4-7,10-11H2,(H,20,22)/t14-/m0/s1. The highest BCUT2D eigenvalue weighted by Gasteiger charge is 2.33. The minimum atomic E-state index is -0.525. The Morgan fingerprint density at radius 2 is 2.21 bits per heavy atom. The number of nitrogens with one attached hydrogen (secondary N) is 1. The molecule has 3 heterocycles. The minimum Gasteiger partial charge on any atom is -0.442 e. The van der Waals surface area contributed by atoms with E-state index in [0.29, 0.717) is 49.9 Å². The van der Waals surface area contributed by atoms with Gasteiger partial charge in [-0.15, -0.1) is 0 Å². The Labute approximate surface area is 166 Å². The first kappa shape index (κ1) is 19.0. The van der Waals surface area contributed by atoms with Crippen molar-refractivity contribution in [1.29, 1.82) is 0 Å². The smallest absolute Gasteiger partial charge is 0.414 e. The number of carbonyl (C=O) groups excluding carboxylic acids is 1. The highest BCUT2D eigenvalue weighted by atomic mass is 19.1. The van der Waals surface area contributed by atoms with Gasteiger partial charge in [0.1, 0.15) is 24.5 Å². The molecule has 0 spiro atoms. The average Bonchev–Trinajstić information content (AvgIpc) is 3.37. The van der Waals surface area contributed by atoms with Gasteiger partial charge in [0.15, 0.2) is 5.82 Å². The molecule has 1 saturated heterocycles. The molecule has 2 aliphatic rings. The van der Waals surface area contributed by atoms with Crippen LogP contribution in [0.3, 0.4) is 0 Å². The molecule has 10 nitrogen and oxygen atoms in total. The summed E-state index contributed by atoms with van der Waals surface area (Å²) in [7, 11) is 0. The molecule has 1 fully saturated rings. The van der Waals surface area contributed by atoms with Gasteiger partial charge in [0.2, 0.25) is 0 Å². The molecule has 0 unspecified atom stereocenters. The number of carbonyl (C=O) groups is 1. The lowest BCUT2D eigenvalue weighted by atomic mass is 10.2. The highest BCUT2D eigenvalue weighted by molar-refractivity contribution is 5.90. The zero-order valence-electron chi connectivity index (χ0n) is 15.6. The largest absolute Gasteiger partial charge is 0.442 e. The molecule has 1 amide bonds. The molecule has 0 radical (unpaired) electrons. The fraction of sp³-hybridized carbons (Fsp3) is 0.389. The van der Waals surface area contributed by atoms with Gasteiger partial charge in [-0.3, -0.25) is 9.91 Å². The normalized spacial score (nSPS) is 19.0. The first-order chi connectivity index (χ1) is 14.1. The maximum Gasteiger partial charge on any atom is 0.414 e. The average molecular weight is 404 g/mol. The number of cyclic esters (lactones) is 1. The van der Waals surface area contributed by atoms with Crippen LogP contribution in [0.25, 0.3) is 0 Å². The van der Waals surface area contributed by atoms with Crippen LogP contribution in [-0.4, -0.2) is 73.1 Å². The first-order valence-electron chi connectivity index (χ1n) is 9.22. The molecule has 2 aromatic rings. The quantitative estimate of drug-likeness (QED) is 0.712. The Hall–Kier alpha value is -3.34. The van der Waals surface area contributed by atoms with Crippen LogP contribution in [0, 0.1) is 5.82 Å². The summed E-state index contributed by atoms with van der Waals surface area (Å²) in [5, 5.41) is 21.6. The molecule has 0 bridgehead atoms. The molecule has 1 aromatic heterocycles. The summed E-state index contributed by atoms with van der Waals surface area (Å²) < 4.78 is 24.8. The number of aliphatic hydroxyl groups excluding tert-OH is 1. The van der Waals surface area contributed by atoms with Gasteiger partial charge in [0, 0.05) is 12.6 Å². The maximum absolute atomic E-state index is 14.7. The molecule has 0 saturated carbocycles. The lowest BCUT2D eigenvalue weighted by Crippen LogP contribution is -2.39. The number of aliphatic hydroxyl groups is 1. The van der Waals surface area contributed by atoms with E-state index in [1.54, 1.807) is 28.1 Å². The van der Waals surface area contributed by atoms with Crippen molar-refractivity contribution in [3.8, 4) is 0 Å². The minimum absolute atomic E-state index is 0.0153. The van der Waals surface area contributed by atoms with E-state index >= 15 is 0 Å². The predicted octanol–water partition coefficient (Wildman–Crippen LogP) is 1.31. The van der Waals surface area contributed by atoms with Crippen molar-refractivity contribution in [3.63, 3.8) is 0 Å². The number of halogens is 1. The van der Waals surface area contributed by atoms with E-state index in [4.69, 9.17) is 14.4 Å². The monoisotopic (exact) mass is 404 g/mol. The van der Waals surface area contributed by atoms with Gasteiger partial charge in [-0.2, -0.15) is 5.10 Å². The SMILES string of the molecule is O=C1O[C@@H](CNc2ccon2)CN1c1ccc(N2C=NN(CCO)CC2)c(F)c1. The van der Waals surface area contributed by atoms with Crippen LogP contribution in [0.2, 0.25) is 0 Å². The van der Waals surface area contributed by atoms with Crippen molar-refractivity contribution in [2.75, 3.05) is 54.4 Å². The lowest BCUT2D eigenvalue weighted by Gasteiger charge is -2.30. The van der Waals surface area contributed by atoms with Crippen LogP contribution in [0.1, 0.15) is 0 Å². The van der Waals surface area contributed by atoms with Crippen LogP contribution in [0.15, 0.2) is 40.2 Å². The molecule has 154 valence electrons. The number of rotatable bonds is 7. The zero-order valence-corrected chi connectivity index (χ0v) is 15.6. The van der Waals surface area contributed by atoms with E-state index in [1.165, 1.54) is 23.6 Å². The summed E-state index contributed by atoms with van der Waals surface area (Å²) in [6, 6.07) is 6.28. The Bertz CT molecular complexity index is 877. The van der Waals surface area contributed by atoms with E-state index in [2.05, 4.69) is 15.6 Å². The molecule has 2 N–H and O–H groups in total. The molecule has 4 rings (SSSR count). The Balaban J connectivity index is 1.40. The molecule has 29 heavy (non-hydrogen) atoms.